The first-order chi connectivity index (χ1) is 9.85. The van der Waals surface area contributed by atoms with Crippen LogP contribution in [-0.2, 0) is 6.42 Å². The van der Waals surface area contributed by atoms with Crippen LogP contribution in [0, 0.1) is 23.7 Å². The Balaban J connectivity index is 2.06. The molecule has 1 saturated carbocycles. The molecule has 1 heteroatoms. The van der Waals surface area contributed by atoms with Gasteiger partial charge in [0.05, 0.1) is 0 Å². The summed E-state index contributed by atoms with van der Waals surface area (Å²) in [5.41, 5.74) is 3.80. The lowest BCUT2D eigenvalue weighted by Gasteiger charge is -2.44. The lowest BCUT2D eigenvalue weighted by Crippen LogP contribution is -2.40. The maximum Gasteiger partial charge on any atom is 0.000800 e. The van der Waals surface area contributed by atoms with Crippen molar-refractivity contribution in [3.63, 3.8) is 0 Å². The van der Waals surface area contributed by atoms with E-state index in [0.29, 0.717) is 10.8 Å². The molecular formula is C20H33N. The van der Waals surface area contributed by atoms with Crippen molar-refractivity contribution >= 4 is 0 Å². The lowest BCUT2D eigenvalue weighted by atomic mass is 9.62. The van der Waals surface area contributed by atoms with Crippen LogP contribution in [0.2, 0.25) is 0 Å². The highest BCUT2D eigenvalue weighted by atomic mass is 14.8. The van der Waals surface area contributed by atoms with Crippen LogP contribution < -0.4 is 5.32 Å². The minimum absolute atomic E-state index is 0.464. The van der Waals surface area contributed by atoms with E-state index in [0.717, 1.165) is 12.5 Å². The molecule has 0 saturated heterocycles. The normalized spacial score (nSPS) is 26.8. The van der Waals surface area contributed by atoms with Crippen LogP contribution in [0.1, 0.15) is 57.6 Å². The number of nitrogens with one attached hydrogen (secondary N) is 1. The van der Waals surface area contributed by atoms with E-state index in [9.17, 15) is 0 Å². The van der Waals surface area contributed by atoms with E-state index >= 15 is 0 Å². The highest BCUT2D eigenvalue weighted by Crippen LogP contribution is 2.46. The van der Waals surface area contributed by atoms with E-state index < -0.39 is 0 Å². The summed E-state index contributed by atoms with van der Waals surface area (Å²) in [5.74, 6) is 0.889. The van der Waals surface area contributed by atoms with Crippen molar-refractivity contribution in [1.82, 2.24) is 5.32 Å². The average molecular weight is 287 g/mol. The molecule has 1 aliphatic rings. The number of hydrogen-bond donors (Lipinski definition) is 1. The van der Waals surface area contributed by atoms with Gasteiger partial charge >= 0.3 is 0 Å². The molecule has 1 aliphatic carbocycles. The van der Waals surface area contributed by atoms with Crippen LogP contribution >= 0.6 is 0 Å². The third kappa shape index (κ3) is 4.32. The molecule has 0 bridgehead atoms. The van der Waals surface area contributed by atoms with Gasteiger partial charge in [0, 0.05) is 6.54 Å². The molecule has 1 aromatic rings. The lowest BCUT2D eigenvalue weighted by molar-refractivity contribution is 0.0877. The monoisotopic (exact) mass is 287 g/mol. The van der Waals surface area contributed by atoms with Gasteiger partial charge in [-0.25, -0.2) is 0 Å². The average Bonchev–Trinajstić information content (AvgIpc) is 2.41. The Morgan fingerprint density at radius 1 is 1.10 bits per heavy atom. The third-order valence-electron chi connectivity index (χ3n) is 5.52. The Kier molecular flexibility index (Phi) is 5.14. The number of aryl methyl sites for hydroxylation is 1. The Hall–Kier alpha value is -0.820. The topological polar surface area (TPSA) is 12.0 Å². The third-order valence-corrected chi connectivity index (χ3v) is 5.52. The molecule has 1 N–H and O–H groups in total. The van der Waals surface area contributed by atoms with E-state index in [1.165, 1.54) is 43.2 Å². The fourth-order valence-corrected chi connectivity index (χ4v) is 4.03. The second-order valence-corrected chi connectivity index (χ2v) is 8.33. The van der Waals surface area contributed by atoms with Crippen LogP contribution in [0.5, 0.6) is 0 Å². The summed E-state index contributed by atoms with van der Waals surface area (Å²) in [6.45, 7) is 10.5. The van der Waals surface area contributed by atoms with E-state index in [1.807, 2.05) is 0 Å². The van der Waals surface area contributed by atoms with Crippen LogP contribution in [0.15, 0.2) is 24.3 Å². The molecule has 0 aromatic heterocycles. The summed E-state index contributed by atoms with van der Waals surface area (Å²) in [4.78, 5) is 0. The summed E-state index contributed by atoms with van der Waals surface area (Å²) < 4.78 is 0. The molecule has 1 nitrogen and oxygen atoms in total. The first-order valence-electron chi connectivity index (χ1n) is 8.55. The van der Waals surface area contributed by atoms with Gasteiger partial charge in [0.2, 0.25) is 0 Å². The minimum atomic E-state index is 0.464. The zero-order chi connectivity index (χ0) is 15.5. The molecule has 1 fully saturated rings. The van der Waals surface area contributed by atoms with E-state index in [-0.39, 0.29) is 0 Å². The molecule has 0 radical (unpaired) electrons. The summed E-state index contributed by atoms with van der Waals surface area (Å²) >= 11 is 0. The van der Waals surface area contributed by atoms with Gasteiger partial charge in [0.15, 0.2) is 0 Å². The van der Waals surface area contributed by atoms with Gasteiger partial charge in [0.1, 0.15) is 0 Å². The molecule has 118 valence electrons. The number of rotatable bonds is 4. The highest BCUT2D eigenvalue weighted by molar-refractivity contribution is 5.22. The maximum atomic E-state index is 3.46. The Labute approximate surface area is 131 Å². The molecule has 0 amide bonds. The van der Waals surface area contributed by atoms with Gasteiger partial charge in [-0.05, 0) is 68.4 Å². The summed E-state index contributed by atoms with van der Waals surface area (Å²) in [7, 11) is 2.10. The first kappa shape index (κ1) is 16.5. The molecule has 2 rings (SSSR count). The molecule has 0 spiro atoms. The van der Waals surface area contributed by atoms with Crippen LogP contribution in [-0.4, -0.2) is 13.6 Å². The molecule has 0 unspecified atom stereocenters. The molecule has 21 heavy (non-hydrogen) atoms. The van der Waals surface area contributed by atoms with Crippen molar-refractivity contribution in [3.05, 3.63) is 35.4 Å². The Bertz CT molecular complexity index is 430. The highest BCUT2D eigenvalue weighted by Gasteiger charge is 2.38. The summed E-state index contributed by atoms with van der Waals surface area (Å²) in [6, 6.07) is 9.15. The predicted octanol–water partition coefficient (Wildman–Crippen LogP) is 4.98. The quantitative estimate of drug-likeness (QED) is 0.823. The smallest absolute Gasteiger partial charge is 0.000800 e. The van der Waals surface area contributed by atoms with E-state index in [1.54, 1.807) is 0 Å². The van der Waals surface area contributed by atoms with Gasteiger partial charge in [-0.15, -0.1) is 0 Å². The molecular weight excluding hydrogens is 254 g/mol. The molecule has 0 aliphatic heterocycles. The van der Waals surface area contributed by atoms with Crippen molar-refractivity contribution in [2.75, 3.05) is 13.6 Å². The zero-order valence-corrected chi connectivity index (χ0v) is 14.6. The van der Waals surface area contributed by atoms with Crippen LogP contribution in [0.25, 0.3) is 0 Å². The van der Waals surface area contributed by atoms with Crippen molar-refractivity contribution in [3.8, 4) is 0 Å². The molecule has 0 heterocycles. The zero-order valence-electron chi connectivity index (χ0n) is 14.6. The van der Waals surface area contributed by atoms with Gasteiger partial charge in [-0.2, -0.15) is 0 Å². The number of benzene rings is 1. The van der Waals surface area contributed by atoms with Gasteiger partial charge in [-0.3, -0.25) is 0 Å². The Morgan fingerprint density at radius 2 is 1.67 bits per heavy atom. The SMILES string of the molecule is CNCC1(Cc2ccc(C)cc2)CCC(C(C)(C)C)CC1. The van der Waals surface area contributed by atoms with Gasteiger partial charge < -0.3 is 5.32 Å². The molecule has 0 atom stereocenters. The van der Waals surface area contributed by atoms with Gasteiger partial charge in [0.25, 0.3) is 0 Å². The predicted molar refractivity (Wildman–Crippen MR) is 92.7 cm³/mol. The fraction of sp³-hybridized carbons (Fsp3) is 0.700. The maximum absolute atomic E-state index is 3.46. The number of hydrogen-bond acceptors (Lipinski definition) is 1. The first-order valence-corrected chi connectivity index (χ1v) is 8.55. The fourth-order valence-electron chi connectivity index (χ4n) is 4.03. The van der Waals surface area contributed by atoms with Crippen molar-refractivity contribution in [1.29, 1.82) is 0 Å². The minimum Gasteiger partial charge on any atom is -0.319 e. The standard InChI is InChI=1S/C20H33N/c1-16-6-8-17(9-7-16)14-20(15-21-5)12-10-18(11-13-20)19(2,3)4/h6-9,18,21H,10-15H2,1-5H3. The van der Waals surface area contributed by atoms with Crippen molar-refractivity contribution in [2.24, 2.45) is 16.7 Å². The second-order valence-electron chi connectivity index (χ2n) is 8.33. The molecule has 1 aromatic carbocycles. The van der Waals surface area contributed by atoms with E-state index in [4.69, 9.17) is 0 Å². The van der Waals surface area contributed by atoms with Crippen LogP contribution in [0.4, 0.5) is 0 Å². The van der Waals surface area contributed by atoms with Crippen LogP contribution in [0.3, 0.4) is 0 Å². The summed E-state index contributed by atoms with van der Waals surface area (Å²) in [6.07, 6.45) is 6.73. The van der Waals surface area contributed by atoms with Crippen molar-refractivity contribution < 1.29 is 0 Å². The van der Waals surface area contributed by atoms with Crippen molar-refractivity contribution in [2.45, 2.75) is 59.8 Å². The Morgan fingerprint density at radius 3 is 2.14 bits per heavy atom. The largest absolute Gasteiger partial charge is 0.319 e. The second kappa shape index (κ2) is 6.52. The van der Waals surface area contributed by atoms with E-state index in [2.05, 4.69) is 64.3 Å². The summed E-state index contributed by atoms with van der Waals surface area (Å²) in [5, 5.41) is 3.46. The van der Waals surface area contributed by atoms with Gasteiger partial charge in [-0.1, -0.05) is 50.6 Å².